The van der Waals surface area contributed by atoms with Crippen LogP contribution in [0.1, 0.15) is 5.56 Å². The van der Waals surface area contributed by atoms with E-state index < -0.39 is 0 Å². The van der Waals surface area contributed by atoms with E-state index in [1.807, 2.05) is 14.1 Å². The minimum absolute atomic E-state index is 0.638. The topological polar surface area (TPSA) is 52.0 Å². The number of hydrogen-bond acceptors (Lipinski definition) is 4. The summed E-state index contributed by atoms with van der Waals surface area (Å²) in [7, 11) is 4.02. The van der Waals surface area contributed by atoms with Gasteiger partial charge in [0.05, 0.1) is 17.4 Å². The van der Waals surface area contributed by atoms with Gasteiger partial charge in [0.1, 0.15) is 6.07 Å². The van der Waals surface area contributed by atoms with Gasteiger partial charge in [-0.25, -0.2) is 0 Å². The van der Waals surface area contributed by atoms with Crippen LogP contribution in [-0.2, 0) is 0 Å². The maximum atomic E-state index is 8.80. The lowest BCUT2D eigenvalue weighted by atomic mass is 10.2. The number of rotatable bonds is 4. The number of hydrogen-bond donors (Lipinski definition) is 1. The number of likely N-dealkylation sites (N-methyl/N-ethyl adjacent to an activating group) is 1. The highest BCUT2D eigenvalue weighted by atomic mass is 15.1. The molecule has 1 N–H and O–H groups in total. The summed E-state index contributed by atoms with van der Waals surface area (Å²) in [5.74, 6) is 0. The molecule has 14 heavy (non-hydrogen) atoms. The first-order valence-corrected chi connectivity index (χ1v) is 4.46. The van der Waals surface area contributed by atoms with Crippen LogP contribution in [0.4, 0.5) is 5.69 Å². The SMILES string of the molecule is CN(C)CCNc1cnccc1C#N. The number of nitrogens with one attached hydrogen (secondary N) is 1. The van der Waals surface area contributed by atoms with Crippen LogP contribution >= 0.6 is 0 Å². The highest BCUT2D eigenvalue weighted by Crippen LogP contribution is 2.10. The molecule has 0 saturated carbocycles. The fourth-order valence-electron chi connectivity index (χ4n) is 1.05. The molecule has 0 unspecified atom stereocenters. The van der Waals surface area contributed by atoms with Gasteiger partial charge < -0.3 is 10.2 Å². The van der Waals surface area contributed by atoms with Crippen LogP contribution in [0.3, 0.4) is 0 Å². The van der Waals surface area contributed by atoms with Gasteiger partial charge in [0.25, 0.3) is 0 Å². The molecule has 74 valence electrons. The van der Waals surface area contributed by atoms with Crippen molar-refractivity contribution in [2.24, 2.45) is 0 Å². The summed E-state index contributed by atoms with van der Waals surface area (Å²) in [6.07, 6.45) is 3.30. The summed E-state index contributed by atoms with van der Waals surface area (Å²) in [5, 5.41) is 12.0. The summed E-state index contributed by atoms with van der Waals surface area (Å²) in [5.41, 5.74) is 1.44. The van der Waals surface area contributed by atoms with E-state index in [1.54, 1.807) is 18.5 Å². The van der Waals surface area contributed by atoms with E-state index in [2.05, 4.69) is 21.3 Å². The van der Waals surface area contributed by atoms with E-state index >= 15 is 0 Å². The monoisotopic (exact) mass is 190 g/mol. The van der Waals surface area contributed by atoms with Crippen LogP contribution in [0.25, 0.3) is 0 Å². The molecule has 0 atom stereocenters. The molecule has 4 heteroatoms. The molecule has 1 rings (SSSR count). The maximum absolute atomic E-state index is 8.80. The largest absolute Gasteiger partial charge is 0.381 e. The van der Waals surface area contributed by atoms with E-state index in [-0.39, 0.29) is 0 Å². The van der Waals surface area contributed by atoms with Gasteiger partial charge in [0.15, 0.2) is 0 Å². The zero-order valence-electron chi connectivity index (χ0n) is 8.49. The molecule has 0 bridgehead atoms. The van der Waals surface area contributed by atoms with Crippen molar-refractivity contribution in [2.45, 2.75) is 0 Å². The number of pyridine rings is 1. The van der Waals surface area contributed by atoms with Crippen molar-refractivity contribution in [1.82, 2.24) is 9.88 Å². The predicted octanol–water partition coefficient (Wildman–Crippen LogP) is 0.927. The molecular formula is C10H14N4. The van der Waals surface area contributed by atoms with Crippen molar-refractivity contribution >= 4 is 5.69 Å². The normalized spacial score (nSPS) is 9.86. The van der Waals surface area contributed by atoms with E-state index in [9.17, 15) is 0 Å². The van der Waals surface area contributed by atoms with Gasteiger partial charge in [-0.05, 0) is 20.2 Å². The van der Waals surface area contributed by atoms with Gasteiger partial charge in [-0.1, -0.05) is 0 Å². The summed E-state index contributed by atoms with van der Waals surface area (Å²) < 4.78 is 0. The lowest BCUT2D eigenvalue weighted by Gasteiger charge is -2.11. The van der Waals surface area contributed by atoms with Crippen LogP contribution in [0.5, 0.6) is 0 Å². The molecule has 1 aromatic heterocycles. The number of nitrogens with zero attached hydrogens (tertiary/aromatic N) is 3. The maximum Gasteiger partial charge on any atom is 0.101 e. The lowest BCUT2D eigenvalue weighted by Crippen LogP contribution is -2.21. The van der Waals surface area contributed by atoms with Gasteiger partial charge in [-0.15, -0.1) is 0 Å². The second-order valence-electron chi connectivity index (χ2n) is 3.26. The van der Waals surface area contributed by atoms with Gasteiger partial charge in [0.2, 0.25) is 0 Å². The van der Waals surface area contributed by atoms with Crippen molar-refractivity contribution in [2.75, 3.05) is 32.5 Å². The van der Waals surface area contributed by atoms with Crippen molar-refractivity contribution in [1.29, 1.82) is 5.26 Å². The van der Waals surface area contributed by atoms with Crippen LogP contribution in [0, 0.1) is 11.3 Å². The zero-order chi connectivity index (χ0) is 10.4. The molecule has 1 heterocycles. The van der Waals surface area contributed by atoms with Crippen LogP contribution in [0.15, 0.2) is 18.5 Å². The molecule has 0 aliphatic rings. The Morgan fingerprint density at radius 3 is 3.00 bits per heavy atom. The molecule has 0 aromatic carbocycles. The molecule has 0 aliphatic carbocycles. The summed E-state index contributed by atoms with van der Waals surface area (Å²) >= 11 is 0. The Bertz CT molecular complexity index is 327. The van der Waals surface area contributed by atoms with Crippen LogP contribution in [0.2, 0.25) is 0 Å². The minimum atomic E-state index is 0.638. The van der Waals surface area contributed by atoms with Crippen molar-refractivity contribution in [3.63, 3.8) is 0 Å². The molecule has 0 saturated heterocycles. The standard InChI is InChI=1S/C10H14N4/c1-14(2)6-5-13-10-8-12-4-3-9(10)7-11/h3-4,8,13H,5-6H2,1-2H3. The van der Waals surface area contributed by atoms with E-state index in [0.717, 1.165) is 18.8 Å². The molecule has 0 radical (unpaired) electrons. The number of nitriles is 1. The van der Waals surface area contributed by atoms with Gasteiger partial charge in [0, 0.05) is 19.3 Å². The Labute approximate surface area is 84.2 Å². The summed E-state index contributed by atoms with van der Waals surface area (Å²) in [4.78, 5) is 6.04. The first-order valence-electron chi connectivity index (χ1n) is 4.46. The highest BCUT2D eigenvalue weighted by Gasteiger charge is 1.99. The third-order valence-corrected chi connectivity index (χ3v) is 1.82. The van der Waals surface area contributed by atoms with E-state index in [1.165, 1.54) is 0 Å². The third-order valence-electron chi connectivity index (χ3n) is 1.82. The molecule has 0 aliphatic heterocycles. The van der Waals surface area contributed by atoms with E-state index in [0.29, 0.717) is 5.56 Å². The van der Waals surface area contributed by atoms with Gasteiger partial charge in [-0.2, -0.15) is 5.26 Å². The Morgan fingerprint density at radius 2 is 2.36 bits per heavy atom. The van der Waals surface area contributed by atoms with E-state index in [4.69, 9.17) is 5.26 Å². The first kappa shape index (κ1) is 10.5. The van der Waals surface area contributed by atoms with Crippen molar-refractivity contribution in [3.8, 4) is 6.07 Å². The quantitative estimate of drug-likeness (QED) is 0.767. The smallest absolute Gasteiger partial charge is 0.101 e. The molecule has 0 fully saturated rings. The molecule has 0 amide bonds. The van der Waals surface area contributed by atoms with Crippen LogP contribution < -0.4 is 5.32 Å². The third kappa shape index (κ3) is 3.04. The lowest BCUT2D eigenvalue weighted by molar-refractivity contribution is 0.425. The fraction of sp³-hybridized carbons (Fsp3) is 0.400. The Balaban J connectivity index is 2.54. The average Bonchev–Trinajstić information content (AvgIpc) is 2.18. The minimum Gasteiger partial charge on any atom is -0.381 e. The Hall–Kier alpha value is -1.60. The molecule has 1 aromatic rings. The second kappa shape index (κ2) is 5.20. The Morgan fingerprint density at radius 1 is 1.57 bits per heavy atom. The van der Waals surface area contributed by atoms with Gasteiger partial charge in [-0.3, -0.25) is 4.98 Å². The van der Waals surface area contributed by atoms with Gasteiger partial charge >= 0.3 is 0 Å². The summed E-state index contributed by atoms with van der Waals surface area (Å²) in [6.45, 7) is 1.74. The van der Waals surface area contributed by atoms with Crippen molar-refractivity contribution in [3.05, 3.63) is 24.0 Å². The second-order valence-corrected chi connectivity index (χ2v) is 3.26. The number of aromatic nitrogens is 1. The summed E-state index contributed by atoms with van der Waals surface area (Å²) in [6, 6.07) is 3.82. The average molecular weight is 190 g/mol. The Kier molecular flexibility index (Phi) is 3.89. The zero-order valence-corrected chi connectivity index (χ0v) is 8.49. The van der Waals surface area contributed by atoms with Crippen LogP contribution in [-0.4, -0.2) is 37.1 Å². The molecule has 4 nitrogen and oxygen atoms in total. The first-order chi connectivity index (χ1) is 6.74. The number of anilines is 1. The molecular weight excluding hydrogens is 176 g/mol. The predicted molar refractivity (Wildman–Crippen MR) is 56.0 cm³/mol. The molecule has 0 spiro atoms. The van der Waals surface area contributed by atoms with Crippen molar-refractivity contribution < 1.29 is 0 Å². The highest BCUT2D eigenvalue weighted by molar-refractivity contribution is 5.55. The fourth-order valence-corrected chi connectivity index (χ4v) is 1.05.